The Morgan fingerprint density at radius 2 is 2.14 bits per heavy atom. The highest BCUT2D eigenvalue weighted by Gasteiger charge is 2.23. The fourth-order valence-corrected chi connectivity index (χ4v) is 3.68. The van der Waals surface area contributed by atoms with Gasteiger partial charge in [0.1, 0.15) is 5.76 Å². The normalized spacial score (nSPS) is 17.7. The van der Waals surface area contributed by atoms with Crippen molar-refractivity contribution in [3.05, 3.63) is 71.4 Å². The lowest BCUT2D eigenvalue weighted by Crippen LogP contribution is -2.39. The van der Waals surface area contributed by atoms with Crippen molar-refractivity contribution < 1.29 is 9.15 Å². The third-order valence-electron chi connectivity index (χ3n) is 5.20. The molecule has 0 saturated carbocycles. The maximum atomic E-state index is 6.13. The van der Waals surface area contributed by atoms with Gasteiger partial charge in [-0.1, -0.05) is 23.8 Å². The number of rotatable bonds is 6. The van der Waals surface area contributed by atoms with Crippen LogP contribution in [0.5, 0.6) is 0 Å². The molecule has 2 aromatic heterocycles. The lowest BCUT2D eigenvalue weighted by molar-refractivity contribution is -0.0124. The van der Waals surface area contributed by atoms with Crippen LogP contribution in [0, 0.1) is 13.8 Å². The molecular formula is C23H27N3O2. The quantitative estimate of drug-likeness (QED) is 0.631. The highest BCUT2D eigenvalue weighted by molar-refractivity contribution is 5.54. The molecule has 1 saturated heterocycles. The largest absolute Gasteiger partial charge is 0.441 e. The van der Waals surface area contributed by atoms with Crippen LogP contribution in [0.25, 0.3) is 11.5 Å². The molecule has 3 heterocycles. The maximum absolute atomic E-state index is 6.13. The number of aryl methyl sites for hydroxylation is 2. The molecule has 1 unspecified atom stereocenters. The zero-order valence-electron chi connectivity index (χ0n) is 16.6. The summed E-state index contributed by atoms with van der Waals surface area (Å²) < 4.78 is 12.1. The molecule has 4 rings (SSSR count). The molecule has 28 heavy (non-hydrogen) atoms. The molecule has 0 N–H and O–H groups in total. The highest BCUT2D eigenvalue weighted by Crippen LogP contribution is 2.24. The molecule has 1 aliphatic rings. The van der Waals surface area contributed by atoms with Crippen LogP contribution in [-0.2, 0) is 17.9 Å². The minimum Gasteiger partial charge on any atom is -0.441 e. The number of piperidine rings is 1. The van der Waals surface area contributed by atoms with Crippen molar-refractivity contribution in [2.75, 3.05) is 13.1 Å². The van der Waals surface area contributed by atoms with Gasteiger partial charge in [-0.2, -0.15) is 0 Å². The van der Waals surface area contributed by atoms with Gasteiger partial charge in [0.2, 0.25) is 5.89 Å². The van der Waals surface area contributed by atoms with Gasteiger partial charge in [-0.3, -0.25) is 9.88 Å². The molecule has 1 aliphatic heterocycles. The molecule has 146 valence electrons. The summed E-state index contributed by atoms with van der Waals surface area (Å²) in [6.45, 7) is 7.49. The third kappa shape index (κ3) is 4.66. The second kappa shape index (κ2) is 8.67. The van der Waals surface area contributed by atoms with E-state index in [4.69, 9.17) is 14.1 Å². The molecular weight excluding hydrogens is 350 g/mol. The molecule has 1 atom stereocenters. The van der Waals surface area contributed by atoms with Crippen LogP contribution in [-0.4, -0.2) is 34.1 Å². The Balaban J connectivity index is 1.37. The lowest BCUT2D eigenvalue weighted by atomic mass is 10.1. The van der Waals surface area contributed by atoms with Crippen LogP contribution >= 0.6 is 0 Å². The molecule has 5 nitrogen and oxygen atoms in total. The summed E-state index contributed by atoms with van der Waals surface area (Å²) in [6.07, 6.45) is 6.14. The number of pyridine rings is 1. The number of likely N-dealkylation sites (tertiary alicyclic amines) is 1. The van der Waals surface area contributed by atoms with Gasteiger partial charge in [0.15, 0.2) is 0 Å². The first-order chi connectivity index (χ1) is 13.7. The predicted octanol–water partition coefficient (Wildman–Crippen LogP) is 4.53. The van der Waals surface area contributed by atoms with E-state index in [-0.39, 0.29) is 6.10 Å². The average Bonchev–Trinajstić information content (AvgIpc) is 3.08. The van der Waals surface area contributed by atoms with Crippen molar-refractivity contribution in [1.82, 2.24) is 14.9 Å². The van der Waals surface area contributed by atoms with E-state index in [1.165, 1.54) is 5.56 Å². The molecule has 1 fully saturated rings. The molecule has 0 aliphatic carbocycles. The van der Waals surface area contributed by atoms with Gasteiger partial charge in [0.05, 0.1) is 18.4 Å². The van der Waals surface area contributed by atoms with Gasteiger partial charge in [0, 0.05) is 31.0 Å². The molecule has 0 bridgehead atoms. The molecule has 5 heteroatoms. The number of ether oxygens (including phenoxy) is 1. The number of aromatic nitrogens is 2. The van der Waals surface area contributed by atoms with Crippen LogP contribution in [0.15, 0.2) is 53.2 Å². The van der Waals surface area contributed by atoms with E-state index < -0.39 is 0 Å². The van der Waals surface area contributed by atoms with E-state index in [1.54, 1.807) is 6.20 Å². The van der Waals surface area contributed by atoms with Crippen molar-refractivity contribution in [1.29, 1.82) is 0 Å². The second-order valence-electron chi connectivity index (χ2n) is 7.56. The van der Waals surface area contributed by atoms with E-state index in [0.29, 0.717) is 12.5 Å². The zero-order chi connectivity index (χ0) is 19.3. The highest BCUT2D eigenvalue weighted by atomic mass is 16.5. The summed E-state index contributed by atoms with van der Waals surface area (Å²) in [7, 11) is 0. The van der Waals surface area contributed by atoms with Crippen molar-refractivity contribution in [2.24, 2.45) is 0 Å². The van der Waals surface area contributed by atoms with Gasteiger partial charge in [-0.15, -0.1) is 0 Å². The summed E-state index contributed by atoms with van der Waals surface area (Å²) in [5.41, 5.74) is 4.38. The smallest absolute Gasteiger partial charge is 0.226 e. The van der Waals surface area contributed by atoms with Crippen LogP contribution in [0.1, 0.15) is 35.4 Å². The van der Waals surface area contributed by atoms with Gasteiger partial charge >= 0.3 is 0 Å². The van der Waals surface area contributed by atoms with Crippen molar-refractivity contribution in [3.63, 3.8) is 0 Å². The Kier molecular flexibility index (Phi) is 5.84. The fraction of sp³-hybridized carbons (Fsp3) is 0.391. The topological polar surface area (TPSA) is 51.4 Å². The Labute approximate surface area is 166 Å². The van der Waals surface area contributed by atoms with E-state index in [0.717, 1.165) is 55.1 Å². The van der Waals surface area contributed by atoms with Gasteiger partial charge in [-0.25, -0.2) is 4.98 Å². The first-order valence-electron chi connectivity index (χ1n) is 9.93. The van der Waals surface area contributed by atoms with Crippen molar-refractivity contribution in [2.45, 2.75) is 45.9 Å². The van der Waals surface area contributed by atoms with E-state index in [2.05, 4.69) is 35.0 Å². The fourth-order valence-electron chi connectivity index (χ4n) is 3.68. The van der Waals surface area contributed by atoms with Gasteiger partial charge in [0.25, 0.3) is 0 Å². The molecule has 0 spiro atoms. The molecule has 0 radical (unpaired) electrons. The molecule has 1 aromatic carbocycles. The molecule has 0 amide bonds. The Morgan fingerprint density at radius 1 is 1.21 bits per heavy atom. The van der Waals surface area contributed by atoms with E-state index >= 15 is 0 Å². The Bertz CT molecular complexity index is 907. The number of nitrogens with zero attached hydrogens (tertiary/aromatic N) is 3. The number of hydrogen-bond donors (Lipinski definition) is 0. The zero-order valence-corrected chi connectivity index (χ0v) is 16.6. The minimum absolute atomic E-state index is 0.248. The maximum Gasteiger partial charge on any atom is 0.226 e. The first-order valence-corrected chi connectivity index (χ1v) is 9.93. The van der Waals surface area contributed by atoms with Crippen LogP contribution in [0.2, 0.25) is 0 Å². The van der Waals surface area contributed by atoms with Crippen molar-refractivity contribution in [3.8, 4) is 11.5 Å². The predicted molar refractivity (Wildman–Crippen MR) is 109 cm³/mol. The average molecular weight is 377 g/mol. The first kappa shape index (κ1) is 18.8. The van der Waals surface area contributed by atoms with Crippen molar-refractivity contribution >= 4 is 0 Å². The van der Waals surface area contributed by atoms with Crippen LogP contribution in [0.3, 0.4) is 0 Å². The minimum atomic E-state index is 0.248. The monoisotopic (exact) mass is 377 g/mol. The second-order valence-corrected chi connectivity index (χ2v) is 7.56. The summed E-state index contributed by atoms with van der Waals surface area (Å²) in [5, 5.41) is 0. The number of oxazole rings is 1. The summed E-state index contributed by atoms with van der Waals surface area (Å²) in [6, 6.07) is 12.3. The summed E-state index contributed by atoms with van der Waals surface area (Å²) in [4.78, 5) is 11.3. The number of hydrogen-bond acceptors (Lipinski definition) is 5. The summed E-state index contributed by atoms with van der Waals surface area (Å²) in [5.74, 6) is 1.60. The van der Waals surface area contributed by atoms with Gasteiger partial charge in [-0.05, 0) is 57.0 Å². The Hall–Kier alpha value is -2.50. The lowest BCUT2D eigenvalue weighted by Gasteiger charge is -2.32. The summed E-state index contributed by atoms with van der Waals surface area (Å²) >= 11 is 0. The SMILES string of the molecule is Cc1cccc(-c2nc(CN3CCCC(OCc4cccnc4)C3)c(C)o2)c1. The van der Waals surface area contributed by atoms with Crippen LogP contribution < -0.4 is 0 Å². The standard InChI is InChI=1S/C23H27N3O2/c1-17-6-3-8-20(12-17)23-25-22(18(2)28-23)15-26-11-5-9-21(14-26)27-16-19-7-4-10-24-13-19/h3-4,6-8,10,12-13,21H,5,9,11,14-16H2,1-2H3. The number of benzene rings is 1. The third-order valence-corrected chi connectivity index (χ3v) is 5.20. The van der Waals surface area contributed by atoms with E-state index in [9.17, 15) is 0 Å². The van der Waals surface area contributed by atoms with Crippen LogP contribution in [0.4, 0.5) is 0 Å². The van der Waals surface area contributed by atoms with Gasteiger partial charge < -0.3 is 9.15 Å². The molecule has 3 aromatic rings. The van der Waals surface area contributed by atoms with E-state index in [1.807, 2.05) is 31.3 Å². The Morgan fingerprint density at radius 3 is 2.96 bits per heavy atom.